The van der Waals surface area contributed by atoms with Crippen LogP contribution in [0.3, 0.4) is 0 Å². The van der Waals surface area contributed by atoms with E-state index in [9.17, 15) is 9.18 Å². The summed E-state index contributed by atoms with van der Waals surface area (Å²) in [6, 6.07) is 16.9. The third-order valence-corrected chi connectivity index (χ3v) is 3.31. The molecule has 2 N–H and O–H groups in total. The van der Waals surface area contributed by atoms with Crippen LogP contribution >= 0.6 is 0 Å². The number of hydrogen-bond acceptors (Lipinski definition) is 4. The zero-order valence-electron chi connectivity index (χ0n) is 13.0. The van der Waals surface area contributed by atoms with Crippen LogP contribution in [0.1, 0.15) is 16.1 Å². The van der Waals surface area contributed by atoms with E-state index in [1.165, 1.54) is 18.2 Å². The lowest BCUT2D eigenvalue weighted by molar-refractivity contribution is 0.102. The first-order valence-electron chi connectivity index (χ1n) is 7.35. The van der Waals surface area contributed by atoms with E-state index in [0.29, 0.717) is 5.82 Å². The first-order chi connectivity index (χ1) is 11.6. The van der Waals surface area contributed by atoms with Crippen molar-refractivity contribution in [2.75, 3.05) is 10.6 Å². The Morgan fingerprint density at radius 2 is 1.83 bits per heavy atom. The number of halogens is 1. The maximum Gasteiger partial charge on any atom is 0.276 e. The number of anilines is 3. The topological polar surface area (TPSA) is 66.9 Å². The number of amides is 1. The van der Waals surface area contributed by atoms with Crippen molar-refractivity contribution in [3.05, 3.63) is 77.7 Å². The Labute approximate surface area is 138 Å². The highest BCUT2D eigenvalue weighted by molar-refractivity contribution is 6.02. The van der Waals surface area contributed by atoms with Gasteiger partial charge in [0, 0.05) is 5.69 Å². The second-order valence-corrected chi connectivity index (χ2v) is 5.23. The van der Waals surface area contributed by atoms with E-state index in [-0.39, 0.29) is 11.4 Å². The second kappa shape index (κ2) is 6.87. The van der Waals surface area contributed by atoms with Crippen LogP contribution in [-0.2, 0) is 0 Å². The van der Waals surface area contributed by atoms with Gasteiger partial charge in [-0.05, 0) is 48.9 Å². The molecule has 0 bridgehead atoms. The Morgan fingerprint density at radius 3 is 2.54 bits per heavy atom. The van der Waals surface area contributed by atoms with Gasteiger partial charge in [0.25, 0.3) is 5.91 Å². The molecular formula is C18H15FN4O. The second-order valence-electron chi connectivity index (χ2n) is 5.23. The molecule has 1 heterocycles. The fourth-order valence-corrected chi connectivity index (χ4v) is 2.14. The molecule has 24 heavy (non-hydrogen) atoms. The number of nitrogens with one attached hydrogen (secondary N) is 2. The molecule has 1 aromatic heterocycles. The number of aryl methyl sites for hydroxylation is 1. The Hall–Kier alpha value is -3.28. The monoisotopic (exact) mass is 322 g/mol. The number of carbonyl (C=O) groups excluding carboxylic acids is 1. The van der Waals surface area contributed by atoms with Crippen LogP contribution in [0.4, 0.5) is 21.6 Å². The summed E-state index contributed by atoms with van der Waals surface area (Å²) in [4.78, 5) is 12.1. The molecule has 0 saturated heterocycles. The normalized spacial score (nSPS) is 10.2. The number of aromatic nitrogens is 2. The molecule has 3 rings (SSSR count). The Bertz CT molecular complexity index is 865. The summed E-state index contributed by atoms with van der Waals surface area (Å²) in [5.41, 5.74) is 2.21. The van der Waals surface area contributed by atoms with E-state index >= 15 is 0 Å². The van der Waals surface area contributed by atoms with Crippen molar-refractivity contribution in [3.8, 4) is 0 Å². The Morgan fingerprint density at radius 1 is 1.00 bits per heavy atom. The number of para-hydroxylation sites is 1. The predicted molar refractivity (Wildman–Crippen MR) is 90.8 cm³/mol. The fourth-order valence-electron chi connectivity index (χ4n) is 2.14. The van der Waals surface area contributed by atoms with E-state index in [0.717, 1.165) is 11.3 Å². The minimum Gasteiger partial charge on any atom is -0.339 e. The highest BCUT2D eigenvalue weighted by Gasteiger charge is 2.11. The van der Waals surface area contributed by atoms with Crippen LogP contribution in [0.25, 0.3) is 0 Å². The van der Waals surface area contributed by atoms with Crippen molar-refractivity contribution in [1.82, 2.24) is 10.2 Å². The molecule has 120 valence electrons. The number of rotatable bonds is 4. The average Bonchev–Trinajstić information content (AvgIpc) is 2.57. The largest absolute Gasteiger partial charge is 0.339 e. The molecule has 0 unspecified atom stereocenters. The van der Waals surface area contributed by atoms with E-state index in [1.54, 1.807) is 18.2 Å². The predicted octanol–water partition coefficient (Wildman–Crippen LogP) is 3.92. The summed E-state index contributed by atoms with van der Waals surface area (Å²) in [5.74, 6) is -0.505. The lowest BCUT2D eigenvalue weighted by atomic mass is 10.2. The molecule has 0 atom stereocenters. The maximum absolute atomic E-state index is 13.5. The molecule has 0 aliphatic carbocycles. The molecule has 0 saturated carbocycles. The summed E-state index contributed by atoms with van der Waals surface area (Å²) in [5, 5.41) is 13.4. The molecule has 2 aromatic carbocycles. The minimum atomic E-state index is -0.519. The first kappa shape index (κ1) is 15.6. The highest BCUT2D eigenvalue weighted by atomic mass is 19.1. The lowest BCUT2D eigenvalue weighted by Crippen LogP contribution is -2.15. The van der Waals surface area contributed by atoms with Gasteiger partial charge < -0.3 is 10.6 Å². The molecule has 3 aromatic rings. The van der Waals surface area contributed by atoms with E-state index in [4.69, 9.17) is 0 Å². The molecular weight excluding hydrogens is 307 g/mol. The summed E-state index contributed by atoms with van der Waals surface area (Å²) in [7, 11) is 0. The van der Waals surface area contributed by atoms with Gasteiger partial charge in [-0.1, -0.05) is 24.3 Å². The summed E-state index contributed by atoms with van der Waals surface area (Å²) < 4.78 is 13.5. The zero-order valence-corrected chi connectivity index (χ0v) is 13.0. The molecule has 0 aliphatic rings. The van der Waals surface area contributed by atoms with Gasteiger partial charge in [-0.3, -0.25) is 4.79 Å². The van der Waals surface area contributed by atoms with Gasteiger partial charge in [0.1, 0.15) is 5.82 Å². The smallest absolute Gasteiger partial charge is 0.276 e. The molecule has 6 heteroatoms. The molecule has 0 radical (unpaired) electrons. The Kier molecular flexibility index (Phi) is 4.47. The van der Waals surface area contributed by atoms with E-state index in [2.05, 4.69) is 20.8 Å². The van der Waals surface area contributed by atoms with Gasteiger partial charge in [0.15, 0.2) is 11.5 Å². The summed E-state index contributed by atoms with van der Waals surface area (Å²) in [6.07, 6.45) is 0. The van der Waals surface area contributed by atoms with Crippen molar-refractivity contribution in [2.24, 2.45) is 0 Å². The highest BCUT2D eigenvalue weighted by Crippen LogP contribution is 2.16. The van der Waals surface area contributed by atoms with Crippen LogP contribution in [-0.4, -0.2) is 16.1 Å². The molecule has 0 fully saturated rings. The van der Waals surface area contributed by atoms with Crippen LogP contribution in [0, 0.1) is 12.7 Å². The molecule has 0 spiro atoms. The van der Waals surface area contributed by atoms with Gasteiger partial charge in [-0.25, -0.2) is 4.39 Å². The third kappa shape index (κ3) is 3.73. The van der Waals surface area contributed by atoms with Gasteiger partial charge in [-0.15, -0.1) is 10.2 Å². The van der Waals surface area contributed by atoms with E-state index in [1.807, 2.05) is 31.2 Å². The number of benzene rings is 2. The van der Waals surface area contributed by atoms with Crippen LogP contribution in [0.2, 0.25) is 0 Å². The number of carbonyl (C=O) groups is 1. The maximum atomic E-state index is 13.5. The van der Waals surface area contributed by atoms with Crippen molar-refractivity contribution >= 4 is 23.1 Å². The Balaban J connectivity index is 1.70. The molecule has 0 aliphatic heterocycles. The number of hydrogen-bond donors (Lipinski definition) is 2. The average molecular weight is 322 g/mol. The SMILES string of the molecule is Cc1cccc(Nc2ccc(C(=O)Nc3ccccc3F)nn2)c1. The minimum absolute atomic E-state index is 0.103. The van der Waals surface area contributed by atoms with Gasteiger partial charge in [0.05, 0.1) is 5.69 Å². The van der Waals surface area contributed by atoms with E-state index < -0.39 is 11.7 Å². The standard InChI is InChI=1S/C18H15FN4O/c1-12-5-4-6-13(11-12)20-17-10-9-16(22-23-17)18(24)21-15-8-3-2-7-14(15)19/h2-11H,1H3,(H,20,23)(H,21,24). The van der Waals surface area contributed by atoms with Crippen LogP contribution in [0.15, 0.2) is 60.7 Å². The summed E-state index contributed by atoms with van der Waals surface area (Å²) >= 11 is 0. The van der Waals surface area contributed by atoms with Gasteiger partial charge in [-0.2, -0.15) is 0 Å². The lowest BCUT2D eigenvalue weighted by Gasteiger charge is -2.07. The number of nitrogens with zero attached hydrogens (tertiary/aromatic N) is 2. The van der Waals surface area contributed by atoms with Gasteiger partial charge >= 0.3 is 0 Å². The van der Waals surface area contributed by atoms with Crippen LogP contribution in [0.5, 0.6) is 0 Å². The third-order valence-electron chi connectivity index (χ3n) is 3.31. The molecule has 1 amide bonds. The van der Waals surface area contributed by atoms with Crippen molar-refractivity contribution < 1.29 is 9.18 Å². The van der Waals surface area contributed by atoms with Crippen LogP contribution < -0.4 is 10.6 Å². The van der Waals surface area contributed by atoms with Gasteiger partial charge in [0.2, 0.25) is 0 Å². The van der Waals surface area contributed by atoms with Crippen molar-refractivity contribution in [3.63, 3.8) is 0 Å². The summed E-state index contributed by atoms with van der Waals surface area (Å²) in [6.45, 7) is 1.99. The van der Waals surface area contributed by atoms with Crippen molar-refractivity contribution in [1.29, 1.82) is 0 Å². The zero-order chi connectivity index (χ0) is 16.9. The first-order valence-corrected chi connectivity index (χ1v) is 7.35. The van der Waals surface area contributed by atoms with Crippen molar-refractivity contribution in [2.45, 2.75) is 6.92 Å². The molecule has 5 nitrogen and oxygen atoms in total. The quantitative estimate of drug-likeness (QED) is 0.764. The fraction of sp³-hybridized carbons (Fsp3) is 0.0556.